The second kappa shape index (κ2) is 11.0. The minimum absolute atomic E-state index is 0.00372. The number of carbonyl (C=O) groups is 1. The van der Waals surface area contributed by atoms with Crippen LogP contribution in [-0.2, 0) is 5.41 Å². The quantitative estimate of drug-likeness (QED) is 0.475. The molecular formula is C29H35ClFN5O. The van der Waals surface area contributed by atoms with Gasteiger partial charge in [0.2, 0.25) is 0 Å². The van der Waals surface area contributed by atoms with E-state index in [9.17, 15) is 14.4 Å². The first-order valence-corrected chi connectivity index (χ1v) is 13.7. The van der Waals surface area contributed by atoms with E-state index in [1.165, 1.54) is 17.7 Å². The van der Waals surface area contributed by atoms with Gasteiger partial charge in [-0.25, -0.2) is 9.18 Å². The largest absolute Gasteiger partial charge is 0.322 e. The molecule has 37 heavy (non-hydrogen) atoms. The van der Waals surface area contributed by atoms with Gasteiger partial charge in [-0.2, -0.15) is 5.26 Å². The summed E-state index contributed by atoms with van der Waals surface area (Å²) in [5.74, 6) is -0.111. The lowest BCUT2D eigenvalue weighted by Crippen LogP contribution is -2.45. The molecule has 1 heterocycles. The molecule has 5 rings (SSSR count). The summed E-state index contributed by atoms with van der Waals surface area (Å²) in [6.07, 6.45) is 4.98. The van der Waals surface area contributed by atoms with Crippen molar-refractivity contribution in [1.29, 1.82) is 5.26 Å². The van der Waals surface area contributed by atoms with Gasteiger partial charge in [0.05, 0.1) is 16.7 Å². The maximum absolute atomic E-state index is 13.7. The number of anilines is 1. The van der Waals surface area contributed by atoms with Gasteiger partial charge in [-0.15, -0.1) is 0 Å². The highest BCUT2D eigenvalue weighted by atomic mass is 35.5. The molecular weight excluding hydrogens is 489 g/mol. The topological polar surface area (TPSA) is 62.6 Å². The molecule has 1 N–H and O–H groups in total. The van der Waals surface area contributed by atoms with Crippen molar-refractivity contribution in [3.05, 3.63) is 64.4 Å². The second-order valence-corrected chi connectivity index (χ2v) is 11.3. The summed E-state index contributed by atoms with van der Waals surface area (Å²) in [4.78, 5) is 20.4. The van der Waals surface area contributed by atoms with Crippen molar-refractivity contribution in [3.8, 4) is 6.07 Å². The zero-order valence-corrected chi connectivity index (χ0v) is 22.2. The highest BCUT2D eigenvalue weighted by Gasteiger charge is 2.64. The lowest BCUT2D eigenvalue weighted by Gasteiger charge is -2.33. The van der Waals surface area contributed by atoms with Crippen molar-refractivity contribution in [2.45, 2.75) is 43.6 Å². The van der Waals surface area contributed by atoms with Gasteiger partial charge in [0.15, 0.2) is 0 Å². The van der Waals surface area contributed by atoms with Crippen LogP contribution < -0.4 is 5.32 Å². The van der Waals surface area contributed by atoms with Crippen molar-refractivity contribution in [2.24, 2.45) is 5.92 Å². The first-order valence-electron chi connectivity index (χ1n) is 13.3. The SMILES string of the molecule is CN1CCN(CCCCN(C(=O)Nc2ccc(F)c(Cl)c2)[C@@H]2CC[C@]3(c4cccc(C#N)c4)CC23)CC1. The van der Waals surface area contributed by atoms with E-state index < -0.39 is 5.82 Å². The van der Waals surface area contributed by atoms with Gasteiger partial charge in [0.1, 0.15) is 5.82 Å². The number of nitrogens with zero attached hydrogens (tertiary/aromatic N) is 4. The van der Waals surface area contributed by atoms with Crippen molar-refractivity contribution in [2.75, 3.05) is 51.6 Å². The molecule has 2 aromatic rings. The number of nitriles is 1. The van der Waals surface area contributed by atoms with Gasteiger partial charge in [0, 0.05) is 49.9 Å². The number of fused-ring (bicyclic) bond motifs is 1. The number of hydrogen-bond donors (Lipinski definition) is 1. The molecule has 8 heteroatoms. The summed E-state index contributed by atoms with van der Waals surface area (Å²) in [7, 11) is 2.16. The Balaban J connectivity index is 1.26. The fourth-order valence-electron chi connectivity index (χ4n) is 6.36. The van der Waals surface area contributed by atoms with Crippen molar-refractivity contribution in [3.63, 3.8) is 0 Å². The second-order valence-electron chi connectivity index (χ2n) is 10.9. The average Bonchev–Trinajstić information content (AvgIpc) is 3.53. The van der Waals surface area contributed by atoms with Crippen LogP contribution in [0.1, 0.15) is 43.2 Å². The Morgan fingerprint density at radius 3 is 2.76 bits per heavy atom. The third-order valence-electron chi connectivity index (χ3n) is 8.60. The van der Waals surface area contributed by atoms with Crippen LogP contribution in [0.5, 0.6) is 0 Å². The van der Waals surface area contributed by atoms with E-state index in [0.717, 1.165) is 64.8 Å². The zero-order chi connectivity index (χ0) is 26.0. The monoisotopic (exact) mass is 523 g/mol. The maximum Gasteiger partial charge on any atom is 0.322 e. The van der Waals surface area contributed by atoms with Crippen molar-refractivity contribution in [1.82, 2.24) is 14.7 Å². The molecule has 6 nitrogen and oxygen atoms in total. The first kappa shape index (κ1) is 26.0. The predicted octanol–water partition coefficient (Wildman–Crippen LogP) is 5.33. The van der Waals surface area contributed by atoms with E-state index in [4.69, 9.17) is 11.6 Å². The standard InChI is InChI=1S/C29H35ClFN5O/c1-34-13-15-35(16-14-34)11-2-3-12-36(28(37)33-23-7-8-26(31)25(30)18-23)27-9-10-29(19-24(27)29)22-6-4-5-21(17-22)20-32/h4-8,17-18,24,27H,2-3,9-16,19H2,1H3,(H,33,37)/t24?,27-,29-/m1/s1. The fraction of sp³-hybridized carbons (Fsp3) is 0.517. The van der Waals surface area contributed by atoms with Crippen LogP contribution in [0.2, 0.25) is 5.02 Å². The van der Waals surface area contributed by atoms with Gasteiger partial charge >= 0.3 is 6.03 Å². The number of piperazine rings is 1. The number of urea groups is 1. The minimum Gasteiger partial charge on any atom is -0.321 e. The van der Waals surface area contributed by atoms with E-state index in [1.54, 1.807) is 6.07 Å². The molecule has 3 atom stereocenters. The molecule has 3 aliphatic rings. The van der Waals surface area contributed by atoms with Crippen LogP contribution in [0.15, 0.2) is 42.5 Å². The molecule has 2 aliphatic carbocycles. The predicted molar refractivity (Wildman–Crippen MR) is 144 cm³/mol. The zero-order valence-electron chi connectivity index (χ0n) is 21.4. The molecule has 0 aromatic heterocycles. The number of carbonyl (C=O) groups excluding carboxylic acids is 1. The molecule has 1 unspecified atom stereocenters. The summed E-state index contributed by atoms with van der Waals surface area (Å²) in [6, 6.07) is 14.5. The van der Waals surface area contributed by atoms with Crippen molar-refractivity contribution >= 4 is 23.3 Å². The molecule has 0 radical (unpaired) electrons. The minimum atomic E-state index is -0.501. The van der Waals surface area contributed by atoms with Gasteiger partial charge in [-0.1, -0.05) is 23.7 Å². The molecule has 2 amide bonds. The van der Waals surface area contributed by atoms with Crippen LogP contribution >= 0.6 is 11.6 Å². The van der Waals surface area contributed by atoms with Crippen LogP contribution in [0.3, 0.4) is 0 Å². The van der Waals surface area contributed by atoms with Gasteiger partial charge < -0.3 is 20.0 Å². The molecule has 0 bridgehead atoms. The molecule has 3 fully saturated rings. The third kappa shape index (κ3) is 5.62. The smallest absolute Gasteiger partial charge is 0.321 e. The van der Waals surface area contributed by atoms with Crippen LogP contribution in [0.4, 0.5) is 14.9 Å². The van der Waals surface area contributed by atoms with Gasteiger partial charge in [0.25, 0.3) is 0 Å². The van der Waals surface area contributed by atoms with Crippen LogP contribution in [-0.4, -0.2) is 73.1 Å². The number of amides is 2. The Bertz CT molecular complexity index is 1180. The lowest BCUT2D eigenvalue weighted by molar-refractivity contribution is 0.147. The summed E-state index contributed by atoms with van der Waals surface area (Å²) in [6.45, 7) is 6.14. The number of halogens is 2. The fourth-order valence-corrected chi connectivity index (χ4v) is 6.54. The average molecular weight is 524 g/mol. The highest BCUT2D eigenvalue weighted by molar-refractivity contribution is 6.31. The number of unbranched alkanes of at least 4 members (excludes halogenated alkanes) is 1. The third-order valence-corrected chi connectivity index (χ3v) is 8.89. The molecule has 2 saturated carbocycles. The number of hydrogen-bond acceptors (Lipinski definition) is 4. The Hall–Kier alpha value is -2.66. The lowest BCUT2D eigenvalue weighted by atomic mass is 9.92. The molecule has 1 aliphatic heterocycles. The summed E-state index contributed by atoms with van der Waals surface area (Å²) < 4.78 is 13.7. The van der Waals surface area contributed by atoms with E-state index in [2.05, 4.69) is 34.3 Å². The Morgan fingerprint density at radius 1 is 1.22 bits per heavy atom. The molecule has 196 valence electrons. The number of benzene rings is 2. The number of nitrogens with one attached hydrogen (secondary N) is 1. The first-order chi connectivity index (χ1) is 17.9. The molecule has 2 aromatic carbocycles. The Labute approximate surface area is 224 Å². The van der Waals surface area contributed by atoms with E-state index in [0.29, 0.717) is 23.7 Å². The summed E-state index contributed by atoms with van der Waals surface area (Å²) in [5, 5.41) is 12.3. The number of rotatable bonds is 8. The van der Waals surface area contributed by atoms with Gasteiger partial charge in [-0.05, 0) is 87.5 Å². The summed E-state index contributed by atoms with van der Waals surface area (Å²) in [5.41, 5.74) is 2.47. The Morgan fingerprint density at radius 2 is 2.03 bits per heavy atom. The van der Waals surface area contributed by atoms with E-state index in [1.807, 2.05) is 23.1 Å². The Kier molecular flexibility index (Phi) is 7.71. The molecule has 0 spiro atoms. The van der Waals surface area contributed by atoms with E-state index >= 15 is 0 Å². The highest BCUT2D eigenvalue weighted by Crippen LogP contribution is 2.65. The normalized spacial score (nSPS) is 25.4. The molecule has 1 saturated heterocycles. The van der Waals surface area contributed by atoms with Crippen LogP contribution in [0.25, 0.3) is 0 Å². The van der Waals surface area contributed by atoms with E-state index in [-0.39, 0.29) is 22.5 Å². The van der Waals surface area contributed by atoms with Crippen molar-refractivity contribution < 1.29 is 9.18 Å². The van der Waals surface area contributed by atoms with Gasteiger partial charge in [-0.3, -0.25) is 0 Å². The van der Waals surface area contributed by atoms with Crippen LogP contribution in [0, 0.1) is 23.1 Å². The summed E-state index contributed by atoms with van der Waals surface area (Å²) >= 11 is 5.96. The maximum atomic E-state index is 13.7. The number of likely N-dealkylation sites (N-methyl/N-ethyl adjacent to an activating group) is 1.